The average molecular weight is 358 g/mol. The normalized spacial score (nSPS) is 11.0. The molecule has 0 spiro atoms. The van der Waals surface area contributed by atoms with Crippen molar-refractivity contribution < 1.29 is 13.9 Å². The Morgan fingerprint density at radius 3 is 2.68 bits per heavy atom. The van der Waals surface area contributed by atoms with Gasteiger partial charge in [0, 0.05) is 0 Å². The number of ether oxygens (including phenoxy) is 1. The summed E-state index contributed by atoms with van der Waals surface area (Å²) < 4.78 is 11.8. The lowest BCUT2D eigenvalue weighted by atomic mass is 10.0. The van der Waals surface area contributed by atoms with Crippen LogP contribution in [0.2, 0.25) is 0 Å². The lowest BCUT2D eigenvalue weighted by Gasteiger charge is -2.07. The summed E-state index contributed by atoms with van der Waals surface area (Å²) in [5, 5.41) is 12.5. The van der Waals surface area contributed by atoms with Gasteiger partial charge in [0.1, 0.15) is 5.76 Å². The third-order valence-electron chi connectivity index (χ3n) is 3.64. The van der Waals surface area contributed by atoms with Crippen molar-refractivity contribution in [2.24, 2.45) is 0 Å². The minimum Gasteiger partial charge on any atom is -0.463 e. The second-order valence-corrected chi connectivity index (χ2v) is 6.61. The molecule has 2 aromatic heterocycles. The first-order valence-corrected chi connectivity index (χ1v) is 8.75. The highest BCUT2D eigenvalue weighted by Gasteiger charge is 2.14. The molecule has 2 heterocycles. The number of esters is 1. The monoisotopic (exact) mass is 358 g/mol. The molecule has 0 aliphatic carbocycles. The van der Waals surface area contributed by atoms with Crippen LogP contribution in [0.5, 0.6) is 0 Å². The fourth-order valence-electron chi connectivity index (χ4n) is 2.23. The second-order valence-electron chi connectivity index (χ2n) is 5.67. The SMILES string of the molecule is COC(=O)c1ccc(CSc2nnnn2-c2ccc(C(C)C)cc2)o1. The molecule has 0 unspecified atom stereocenters. The maximum absolute atomic E-state index is 11.4. The Morgan fingerprint density at radius 2 is 2.00 bits per heavy atom. The van der Waals surface area contributed by atoms with Gasteiger partial charge in [-0.15, -0.1) is 5.10 Å². The maximum Gasteiger partial charge on any atom is 0.373 e. The van der Waals surface area contributed by atoms with E-state index in [2.05, 4.69) is 46.2 Å². The van der Waals surface area contributed by atoms with E-state index in [9.17, 15) is 4.79 Å². The van der Waals surface area contributed by atoms with Gasteiger partial charge in [0.2, 0.25) is 10.9 Å². The van der Waals surface area contributed by atoms with Crippen molar-refractivity contribution in [1.29, 1.82) is 0 Å². The summed E-state index contributed by atoms with van der Waals surface area (Å²) in [6, 6.07) is 11.5. The first kappa shape index (κ1) is 17.2. The molecular formula is C17H18N4O3S. The van der Waals surface area contributed by atoms with Crippen molar-refractivity contribution in [2.75, 3.05) is 7.11 Å². The number of methoxy groups -OCH3 is 1. The number of furan rings is 1. The first-order valence-electron chi connectivity index (χ1n) is 7.77. The van der Waals surface area contributed by atoms with Crippen LogP contribution >= 0.6 is 11.8 Å². The third-order valence-corrected chi connectivity index (χ3v) is 4.58. The van der Waals surface area contributed by atoms with Crippen molar-refractivity contribution in [3.05, 3.63) is 53.5 Å². The number of rotatable bonds is 6. The van der Waals surface area contributed by atoms with Crippen LogP contribution in [0.25, 0.3) is 5.69 Å². The van der Waals surface area contributed by atoms with Crippen LogP contribution in [0.1, 0.15) is 41.6 Å². The zero-order valence-corrected chi connectivity index (χ0v) is 15.0. The summed E-state index contributed by atoms with van der Waals surface area (Å²) in [6.45, 7) is 4.30. The zero-order chi connectivity index (χ0) is 17.8. The molecule has 0 bridgehead atoms. The van der Waals surface area contributed by atoms with E-state index in [0.717, 1.165) is 5.69 Å². The van der Waals surface area contributed by atoms with Gasteiger partial charge in [0.25, 0.3) is 0 Å². The quantitative estimate of drug-likeness (QED) is 0.493. The standard InChI is InChI=1S/C17H18N4O3S/c1-11(2)12-4-6-13(7-5-12)21-17(18-19-20-21)25-10-14-8-9-15(24-14)16(22)23-3/h4-9,11H,10H2,1-3H3. The van der Waals surface area contributed by atoms with E-state index in [0.29, 0.717) is 22.6 Å². The Labute approximate surface area is 149 Å². The molecule has 3 rings (SSSR count). The van der Waals surface area contributed by atoms with Crippen LogP contribution in [-0.2, 0) is 10.5 Å². The van der Waals surface area contributed by atoms with E-state index >= 15 is 0 Å². The van der Waals surface area contributed by atoms with Crippen LogP contribution in [0.3, 0.4) is 0 Å². The molecule has 0 radical (unpaired) electrons. The zero-order valence-electron chi connectivity index (χ0n) is 14.2. The molecule has 130 valence electrons. The van der Waals surface area contributed by atoms with Crippen LogP contribution in [-0.4, -0.2) is 33.3 Å². The maximum atomic E-state index is 11.4. The van der Waals surface area contributed by atoms with Crippen molar-refractivity contribution in [1.82, 2.24) is 20.2 Å². The molecule has 1 aromatic carbocycles. The Balaban J connectivity index is 1.71. The van der Waals surface area contributed by atoms with E-state index in [1.165, 1.54) is 24.4 Å². The van der Waals surface area contributed by atoms with Gasteiger partial charge in [-0.2, -0.15) is 4.68 Å². The summed E-state index contributed by atoms with van der Waals surface area (Å²) in [5.41, 5.74) is 2.16. The molecule has 0 aliphatic rings. The highest BCUT2D eigenvalue weighted by molar-refractivity contribution is 7.98. The Morgan fingerprint density at radius 1 is 1.24 bits per heavy atom. The van der Waals surface area contributed by atoms with Crippen molar-refractivity contribution >= 4 is 17.7 Å². The lowest BCUT2D eigenvalue weighted by Crippen LogP contribution is -2.00. The van der Waals surface area contributed by atoms with E-state index in [1.54, 1.807) is 16.8 Å². The lowest BCUT2D eigenvalue weighted by molar-refractivity contribution is 0.0563. The predicted molar refractivity (Wildman–Crippen MR) is 92.9 cm³/mol. The predicted octanol–water partition coefficient (Wildman–Crippen LogP) is 3.46. The Kier molecular flexibility index (Phi) is 5.18. The molecule has 0 amide bonds. The summed E-state index contributed by atoms with van der Waals surface area (Å²) >= 11 is 1.43. The number of hydrogen-bond donors (Lipinski definition) is 0. The largest absolute Gasteiger partial charge is 0.463 e. The molecule has 0 aliphatic heterocycles. The van der Waals surface area contributed by atoms with E-state index in [1.807, 2.05) is 12.1 Å². The van der Waals surface area contributed by atoms with E-state index < -0.39 is 5.97 Å². The molecule has 0 saturated carbocycles. The third kappa shape index (κ3) is 3.90. The van der Waals surface area contributed by atoms with Crippen molar-refractivity contribution in [3.8, 4) is 5.69 Å². The van der Waals surface area contributed by atoms with Crippen molar-refractivity contribution in [3.63, 3.8) is 0 Å². The van der Waals surface area contributed by atoms with Gasteiger partial charge in [-0.05, 0) is 46.2 Å². The number of aromatic nitrogens is 4. The van der Waals surface area contributed by atoms with Gasteiger partial charge in [-0.3, -0.25) is 0 Å². The van der Waals surface area contributed by atoms with E-state index in [-0.39, 0.29) is 5.76 Å². The van der Waals surface area contributed by atoms with Crippen LogP contribution in [0.15, 0.2) is 46.0 Å². The molecule has 3 aromatic rings. The fraction of sp³-hybridized carbons (Fsp3) is 0.294. The second kappa shape index (κ2) is 7.52. The highest BCUT2D eigenvalue weighted by Crippen LogP contribution is 2.24. The molecule has 0 fully saturated rings. The van der Waals surface area contributed by atoms with Crippen molar-refractivity contribution in [2.45, 2.75) is 30.7 Å². The number of carbonyl (C=O) groups is 1. The van der Waals surface area contributed by atoms with Crippen LogP contribution in [0.4, 0.5) is 0 Å². The Hall–Kier alpha value is -2.61. The summed E-state index contributed by atoms with van der Waals surface area (Å²) in [4.78, 5) is 11.4. The topological polar surface area (TPSA) is 83.0 Å². The molecule has 0 saturated heterocycles. The average Bonchev–Trinajstić information content (AvgIpc) is 3.28. The molecular weight excluding hydrogens is 340 g/mol. The molecule has 7 nitrogen and oxygen atoms in total. The molecule has 0 atom stereocenters. The first-order chi connectivity index (χ1) is 12.1. The minimum absolute atomic E-state index is 0.182. The number of tetrazole rings is 1. The number of thioether (sulfide) groups is 1. The summed E-state index contributed by atoms with van der Waals surface area (Å²) in [5.74, 6) is 1.31. The number of nitrogens with zero attached hydrogens (tertiary/aromatic N) is 4. The number of carbonyl (C=O) groups excluding carboxylic acids is 1. The van der Waals surface area contributed by atoms with Gasteiger partial charge in [-0.1, -0.05) is 37.7 Å². The summed E-state index contributed by atoms with van der Waals surface area (Å²) in [6.07, 6.45) is 0. The molecule has 8 heteroatoms. The Bertz CT molecular complexity index is 855. The summed E-state index contributed by atoms with van der Waals surface area (Å²) in [7, 11) is 1.32. The van der Waals surface area contributed by atoms with Gasteiger partial charge in [-0.25, -0.2) is 4.79 Å². The molecule has 0 N–H and O–H groups in total. The highest BCUT2D eigenvalue weighted by atomic mass is 32.2. The van der Waals surface area contributed by atoms with Crippen LogP contribution in [0, 0.1) is 0 Å². The molecule has 25 heavy (non-hydrogen) atoms. The van der Waals surface area contributed by atoms with Gasteiger partial charge in [0.15, 0.2) is 0 Å². The van der Waals surface area contributed by atoms with Gasteiger partial charge < -0.3 is 9.15 Å². The minimum atomic E-state index is -0.494. The number of benzene rings is 1. The van der Waals surface area contributed by atoms with E-state index in [4.69, 9.17) is 4.42 Å². The number of hydrogen-bond acceptors (Lipinski definition) is 7. The fourth-order valence-corrected chi connectivity index (χ4v) is 3.02. The van der Waals surface area contributed by atoms with Gasteiger partial charge in [0.05, 0.1) is 18.6 Å². The van der Waals surface area contributed by atoms with Crippen LogP contribution < -0.4 is 0 Å². The van der Waals surface area contributed by atoms with Gasteiger partial charge >= 0.3 is 5.97 Å². The smallest absolute Gasteiger partial charge is 0.373 e.